The number of H-pyrrole nitrogens is 1. The number of pyridine rings is 1. The van der Waals surface area contributed by atoms with Crippen molar-refractivity contribution in [3.63, 3.8) is 0 Å². The number of carbonyl (C=O) groups is 1. The van der Waals surface area contributed by atoms with Gasteiger partial charge in [0.25, 0.3) is 0 Å². The van der Waals surface area contributed by atoms with Gasteiger partial charge in [-0.05, 0) is 45.9 Å². The van der Waals surface area contributed by atoms with Gasteiger partial charge in [0.2, 0.25) is 0 Å². The topological polar surface area (TPSA) is 71.1 Å². The van der Waals surface area contributed by atoms with Gasteiger partial charge in [0.1, 0.15) is 16.9 Å². The molecule has 0 radical (unpaired) electrons. The number of rotatable bonds is 3. The lowest BCUT2D eigenvalue weighted by atomic mass is 10.2. The summed E-state index contributed by atoms with van der Waals surface area (Å²) >= 11 is 3.46. The van der Waals surface area contributed by atoms with Gasteiger partial charge in [-0.2, -0.15) is 0 Å². The predicted octanol–water partition coefficient (Wildman–Crippen LogP) is 4.63. The Kier molecular flexibility index (Phi) is 4.69. The highest BCUT2D eigenvalue weighted by Gasteiger charge is 2.22. The summed E-state index contributed by atoms with van der Waals surface area (Å²) < 4.78 is 6.43. The van der Waals surface area contributed by atoms with Crippen molar-refractivity contribution in [2.45, 2.75) is 39.8 Å². The quantitative estimate of drug-likeness (QED) is 0.690. The zero-order valence-electron chi connectivity index (χ0n) is 14.8. The van der Waals surface area contributed by atoms with E-state index in [1.807, 2.05) is 45.9 Å². The van der Waals surface area contributed by atoms with Crippen molar-refractivity contribution in [2.24, 2.45) is 0 Å². The van der Waals surface area contributed by atoms with Crippen LogP contribution < -0.4 is 0 Å². The number of nitrogens with one attached hydrogen (secondary N) is 1. The summed E-state index contributed by atoms with van der Waals surface area (Å²) in [4.78, 5) is 26.3. The van der Waals surface area contributed by atoms with Crippen LogP contribution in [0.25, 0.3) is 21.9 Å². The molecule has 0 aliphatic rings. The smallest absolute Gasteiger partial charge is 0.410 e. The number of hydrogen-bond donors (Lipinski definition) is 1. The second kappa shape index (κ2) is 6.63. The number of hydrogen-bond acceptors (Lipinski definition) is 4. The van der Waals surface area contributed by atoms with E-state index in [-0.39, 0.29) is 6.09 Å². The van der Waals surface area contributed by atoms with E-state index in [2.05, 4.69) is 30.9 Å². The third kappa shape index (κ3) is 3.92. The van der Waals surface area contributed by atoms with E-state index in [9.17, 15) is 4.79 Å². The van der Waals surface area contributed by atoms with Crippen LogP contribution >= 0.6 is 15.9 Å². The number of benzene rings is 1. The lowest BCUT2D eigenvalue weighted by Crippen LogP contribution is -2.36. The summed E-state index contributed by atoms with van der Waals surface area (Å²) in [5.41, 5.74) is 2.07. The summed E-state index contributed by atoms with van der Waals surface area (Å²) in [6.45, 7) is 8.39. The van der Waals surface area contributed by atoms with E-state index in [1.165, 1.54) is 0 Å². The Morgan fingerprint density at radius 1 is 1.32 bits per heavy atom. The Bertz CT molecular complexity index is 930. The SMILES string of the molecule is CCN(Cc1nc2cnc3cc(Br)ccc3c2[nH]1)C(=O)OC(C)(C)C. The molecule has 1 amide bonds. The van der Waals surface area contributed by atoms with Crippen LogP contribution in [0, 0.1) is 0 Å². The standard InChI is InChI=1S/C18H21BrN4O2/c1-5-23(17(24)25-18(2,3)4)10-15-21-14-9-20-13-8-11(19)6-7-12(13)16(14)22-15/h6-9H,5,10H2,1-4H3,(H,21,22). The molecule has 1 aromatic carbocycles. The van der Waals surface area contributed by atoms with E-state index in [1.54, 1.807) is 11.1 Å². The van der Waals surface area contributed by atoms with Crippen molar-refractivity contribution >= 4 is 44.0 Å². The lowest BCUT2D eigenvalue weighted by Gasteiger charge is -2.25. The van der Waals surface area contributed by atoms with Crippen molar-refractivity contribution in [1.82, 2.24) is 19.9 Å². The molecule has 7 heteroatoms. The van der Waals surface area contributed by atoms with Crippen molar-refractivity contribution in [1.29, 1.82) is 0 Å². The minimum absolute atomic E-state index is 0.345. The number of aromatic amines is 1. The molecule has 2 heterocycles. The van der Waals surface area contributed by atoms with Gasteiger partial charge >= 0.3 is 6.09 Å². The van der Waals surface area contributed by atoms with Crippen LogP contribution in [-0.2, 0) is 11.3 Å². The van der Waals surface area contributed by atoms with E-state index < -0.39 is 5.60 Å². The Morgan fingerprint density at radius 2 is 2.08 bits per heavy atom. The molecule has 1 N–H and O–H groups in total. The number of fused-ring (bicyclic) bond motifs is 3. The number of aromatic nitrogens is 3. The second-order valence-electron chi connectivity index (χ2n) is 6.86. The summed E-state index contributed by atoms with van der Waals surface area (Å²) in [5.74, 6) is 0.708. The fourth-order valence-corrected chi connectivity index (χ4v) is 2.93. The average Bonchev–Trinajstić information content (AvgIpc) is 2.93. The monoisotopic (exact) mass is 404 g/mol. The van der Waals surface area contributed by atoms with Crippen molar-refractivity contribution in [3.05, 3.63) is 34.7 Å². The van der Waals surface area contributed by atoms with Crippen molar-refractivity contribution in [2.75, 3.05) is 6.54 Å². The van der Waals surface area contributed by atoms with Crippen molar-refractivity contribution < 1.29 is 9.53 Å². The van der Waals surface area contributed by atoms with E-state index >= 15 is 0 Å². The van der Waals surface area contributed by atoms with Crippen LogP contribution in [0.1, 0.15) is 33.5 Å². The van der Waals surface area contributed by atoms with Crippen LogP contribution in [0.3, 0.4) is 0 Å². The lowest BCUT2D eigenvalue weighted by molar-refractivity contribution is 0.0240. The second-order valence-corrected chi connectivity index (χ2v) is 7.77. The summed E-state index contributed by atoms with van der Waals surface area (Å²) in [6.07, 6.45) is 1.40. The molecule has 3 rings (SSSR count). The molecule has 2 aromatic heterocycles. The molecule has 3 aromatic rings. The molecule has 0 saturated heterocycles. The maximum atomic E-state index is 12.3. The van der Waals surface area contributed by atoms with E-state index in [0.717, 1.165) is 26.4 Å². The first-order valence-corrected chi connectivity index (χ1v) is 8.97. The number of nitrogens with zero attached hydrogens (tertiary/aromatic N) is 3. The molecule has 0 spiro atoms. The third-order valence-corrected chi connectivity index (χ3v) is 4.20. The van der Waals surface area contributed by atoms with Gasteiger partial charge in [0.15, 0.2) is 0 Å². The fraction of sp³-hybridized carbons (Fsp3) is 0.389. The number of halogens is 1. The Labute approximate surface area is 154 Å². The zero-order valence-corrected chi connectivity index (χ0v) is 16.3. The molecule has 25 heavy (non-hydrogen) atoms. The maximum Gasteiger partial charge on any atom is 0.410 e. The molecule has 0 fully saturated rings. The minimum atomic E-state index is -0.522. The van der Waals surface area contributed by atoms with Gasteiger partial charge in [-0.1, -0.05) is 15.9 Å². The summed E-state index contributed by atoms with van der Waals surface area (Å²) in [7, 11) is 0. The van der Waals surface area contributed by atoms with Gasteiger partial charge in [-0.3, -0.25) is 4.98 Å². The number of ether oxygens (including phenoxy) is 1. The van der Waals surface area contributed by atoms with Crippen LogP contribution in [0.15, 0.2) is 28.9 Å². The van der Waals surface area contributed by atoms with Crippen LogP contribution in [-0.4, -0.2) is 38.1 Å². The normalized spacial score (nSPS) is 11.9. The largest absolute Gasteiger partial charge is 0.444 e. The molecule has 0 bridgehead atoms. The number of amides is 1. The molecule has 0 saturated carbocycles. The molecular weight excluding hydrogens is 384 g/mol. The Balaban J connectivity index is 1.91. The molecule has 0 unspecified atom stereocenters. The van der Waals surface area contributed by atoms with Gasteiger partial charge in [-0.25, -0.2) is 9.78 Å². The first kappa shape index (κ1) is 17.7. The highest BCUT2D eigenvalue weighted by atomic mass is 79.9. The van der Waals surface area contributed by atoms with Gasteiger partial charge in [0, 0.05) is 16.4 Å². The van der Waals surface area contributed by atoms with Crippen molar-refractivity contribution in [3.8, 4) is 0 Å². The van der Waals surface area contributed by atoms with Crippen LogP contribution in [0.4, 0.5) is 4.79 Å². The van der Waals surface area contributed by atoms with E-state index in [4.69, 9.17) is 4.74 Å². The molecule has 0 aliphatic heterocycles. The first-order valence-electron chi connectivity index (χ1n) is 8.17. The maximum absolute atomic E-state index is 12.3. The van der Waals surface area contributed by atoms with Crippen LogP contribution in [0.5, 0.6) is 0 Å². The van der Waals surface area contributed by atoms with Gasteiger partial charge in [-0.15, -0.1) is 0 Å². The molecule has 6 nitrogen and oxygen atoms in total. The number of imidazole rings is 1. The molecular formula is C18H21BrN4O2. The average molecular weight is 405 g/mol. The highest BCUT2D eigenvalue weighted by molar-refractivity contribution is 9.10. The molecule has 0 atom stereocenters. The highest BCUT2D eigenvalue weighted by Crippen LogP contribution is 2.25. The first-order chi connectivity index (χ1) is 11.8. The summed E-state index contributed by atoms with van der Waals surface area (Å²) in [5, 5.41) is 1.000. The molecule has 0 aliphatic carbocycles. The van der Waals surface area contributed by atoms with E-state index in [0.29, 0.717) is 18.9 Å². The summed E-state index contributed by atoms with van der Waals surface area (Å²) in [6, 6.07) is 5.94. The minimum Gasteiger partial charge on any atom is -0.444 e. The fourth-order valence-electron chi connectivity index (χ4n) is 2.58. The van der Waals surface area contributed by atoms with Crippen LogP contribution in [0.2, 0.25) is 0 Å². The zero-order chi connectivity index (χ0) is 18.2. The Morgan fingerprint density at radius 3 is 2.76 bits per heavy atom. The predicted molar refractivity (Wildman–Crippen MR) is 101 cm³/mol. The number of carbonyl (C=O) groups excluding carboxylic acids is 1. The van der Waals surface area contributed by atoms with Gasteiger partial charge < -0.3 is 14.6 Å². The Hall–Kier alpha value is -2.15. The molecule has 132 valence electrons. The third-order valence-electron chi connectivity index (χ3n) is 3.71. The van der Waals surface area contributed by atoms with Gasteiger partial charge in [0.05, 0.1) is 23.8 Å².